The first-order chi connectivity index (χ1) is 6.74. The fourth-order valence-corrected chi connectivity index (χ4v) is 1.30. The molecule has 1 rings (SSSR count). The monoisotopic (exact) mass is 196 g/mol. The van der Waals surface area contributed by atoms with Gasteiger partial charge in [-0.15, -0.1) is 0 Å². The Morgan fingerprint density at radius 2 is 2.29 bits per heavy atom. The molecule has 0 atom stereocenters. The molecular formula is C11H20N2O. The molecule has 0 radical (unpaired) electrons. The Kier molecular flexibility index (Phi) is 4.66. The molecule has 3 heteroatoms. The van der Waals surface area contributed by atoms with Crippen molar-refractivity contribution in [2.45, 2.75) is 40.2 Å². The van der Waals surface area contributed by atoms with Crippen molar-refractivity contribution in [2.75, 3.05) is 6.54 Å². The predicted molar refractivity (Wildman–Crippen MR) is 57.0 cm³/mol. The predicted octanol–water partition coefficient (Wildman–Crippen LogP) is 2.37. The Morgan fingerprint density at radius 3 is 2.93 bits per heavy atom. The van der Waals surface area contributed by atoms with Gasteiger partial charge in [-0.3, -0.25) is 0 Å². The number of nitrogens with one attached hydrogen (secondary N) is 1. The van der Waals surface area contributed by atoms with Gasteiger partial charge in [0.05, 0.1) is 5.69 Å². The summed E-state index contributed by atoms with van der Waals surface area (Å²) in [7, 11) is 0. The van der Waals surface area contributed by atoms with Gasteiger partial charge in [0, 0.05) is 13.0 Å². The van der Waals surface area contributed by atoms with Crippen LogP contribution in [0.15, 0.2) is 10.8 Å². The highest BCUT2D eigenvalue weighted by Crippen LogP contribution is 2.12. The van der Waals surface area contributed by atoms with Gasteiger partial charge in [-0.05, 0) is 18.9 Å². The smallest absolute Gasteiger partial charge is 0.181 e. The standard InChI is InChI=1S/C11H20N2O/c1-4-12-7-10-11(14-8-13-10)6-5-9(2)3/h8-9,12H,4-7H2,1-3H3. The minimum atomic E-state index is 0.715. The number of aromatic nitrogens is 1. The Morgan fingerprint density at radius 1 is 1.50 bits per heavy atom. The van der Waals surface area contributed by atoms with Crippen LogP contribution in [0.4, 0.5) is 0 Å². The molecule has 0 amide bonds. The molecule has 0 aliphatic carbocycles. The highest BCUT2D eigenvalue weighted by atomic mass is 16.3. The van der Waals surface area contributed by atoms with Gasteiger partial charge in [-0.1, -0.05) is 20.8 Å². The normalized spacial score (nSPS) is 11.1. The van der Waals surface area contributed by atoms with Crippen molar-refractivity contribution in [1.82, 2.24) is 10.3 Å². The van der Waals surface area contributed by atoms with Gasteiger partial charge in [0.25, 0.3) is 0 Å². The van der Waals surface area contributed by atoms with Crippen LogP contribution in [0.2, 0.25) is 0 Å². The molecular weight excluding hydrogens is 176 g/mol. The molecule has 0 saturated heterocycles. The van der Waals surface area contributed by atoms with Crippen molar-refractivity contribution >= 4 is 0 Å². The van der Waals surface area contributed by atoms with Gasteiger partial charge < -0.3 is 9.73 Å². The van der Waals surface area contributed by atoms with E-state index in [4.69, 9.17) is 4.42 Å². The van der Waals surface area contributed by atoms with E-state index < -0.39 is 0 Å². The molecule has 0 bridgehead atoms. The number of oxazole rings is 1. The van der Waals surface area contributed by atoms with E-state index in [1.54, 1.807) is 6.39 Å². The summed E-state index contributed by atoms with van der Waals surface area (Å²) in [6, 6.07) is 0. The maximum Gasteiger partial charge on any atom is 0.181 e. The summed E-state index contributed by atoms with van der Waals surface area (Å²) in [5, 5.41) is 3.26. The highest BCUT2D eigenvalue weighted by Gasteiger charge is 2.07. The van der Waals surface area contributed by atoms with Crippen molar-refractivity contribution < 1.29 is 4.42 Å². The summed E-state index contributed by atoms with van der Waals surface area (Å²) in [5.74, 6) is 1.76. The van der Waals surface area contributed by atoms with Crippen LogP contribution in [0.25, 0.3) is 0 Å². The number of aryl methyl sites for hydroxylation is 1. The Labute approximate surface area is 85.9 Å². The van der Waals surface area contributed by atoms with Crippen molar-refractivity contribution in [3.05, 3.63) is 17.8 Å². The first kappa shape index (κ1) is 11.2. The summed E-state index contributed by atoms with van der Waals surface area (Å²) in [6.45, 7) is 8.32. The first-order valence-electron chi connectivity index (χ1n) is 5.36. The van der Waals surface area contributed by atoms with Crippen molar-refractivity contribution in [3.63, 3.8) is 0 Å². The summed E-state index contributed by atoms with van der Waals surface area (Å²) >= 11 is 0. The number of rotatable bonds is 6. The van der Waals surface area contributed by atoms with Gasteiger partial charge in [-0.25, -0.2) is 4.98 Å². The molecule has 1 aromatic heterocycles. The van der Waals surface area contributed by atoms with Crippen LogP contribution in [0, 0.1) is 5.92 Å². The maximum absolute atomic E-state index is 5.36. The van der Waals surface area contributed by atoms with Crippen LogP contribution in [-0.4, -0.2) is 11.5 Å². The first-order valence-corrected chi connectivity index (χ1v) is 5.36. The van der Waals surface area contributed by atoms with E-state index in [-0.39, 0.29) is 0 Å². The lowest BCUT2D eigenvalue weighted by Crippen LogP contribution is -2.13. The van der Waals surface area contributed by atoms with Crippen LogP contribution in [0.5, 0.6) is 0 Å². The maximum atomic E-state index is 5.36. The van der Waals surface area contributed by atoms with Crippen LogP contribution in [0.3, 0.4) is 0 Å². The fraction of sp³-hybridized carbons (Fsp3) is 0.727. The fourth-order valence-electron chi connectivity index (χ4n) is 1.30. The molecule has 0 spiro atoms. The number of hydrogen-bond donors (Lipinski definition) is 1. The summed E-state index contributed by atoms with van der Waals surface area (Å²) in [5.41, 5.74) is 1.06. The Balaban J connectivity index is 2.45. The Hall–Kier alpha value is -0.830. The molecule has 3 nitrogen and oxygen atoms in total. The van der Waals surface area contributed by atoms with Gasteiger partial charge in [-0.2, -0.15) is 0 Å². The van der Waals surface area contributed by atoms with Crippen LogP contribution in [0.1, 0.15) is 38.6 Å². The molecule has 0 aliphatic rings. The molecule has 0 saturated carbocycles. The average molecular weight is 196 g/mol. The minimum Gasteiger partial charge on any atom is -0.448 e. The van der Waals surface area contributed by atoms with Gasteiger partial charge in [0.2, 0.25) is 0 Å². The molecule has 1 N–H and O–H groups in total. The lowest BCUT2D eigenvalue weighted by Gasteiger charge is -2.04. The molecule has 0 fully saturated rings. The summed E-state index contributed by atoms with van der Waals surface area (Å²) in [6.07, 6.45) is 3.70. The topological polar surface area (TPSA) is 38.1 Å². The van der Waals surface area contributed by atoms with E-state index in [0.29, 0.717) is 5.92 Å². The highest BCUT2D eigenvalue weighted by molar-refractivity contribution is 5.07. The quantitative estimate of drug-likeness (QED) is 0.759. The van der Waals surface area contributed by atoms with Crippen molar-refractivity contribution in [3.8, 4) is 0 Å². The second-order valence-corrected chi connectivity index (χ2v) is 3.94. The van der Waals surface area contributed by atoms with Crippen LogP contribution < -0.4 is 5.32 Å². The van der Waals surface area contributed by atoms with Gasteiger partial charge in [0.15, 0.2) is 6.39 Å². The van der Waals surface area contributed by atoms with E-state index in [1.165, 1.54) is 0 Å². The zero-order chi connectivity index (χ0) is 10.4. The van der Waals surface area contributed by atoms with Crippen molar-refractivity contribution in [2.24, 2.45) is 5.92 Å². The third-order valence-corrected chi connectivity index (χ3v) is 2.22. The van der Waals surface area contributed by atoms with E-state index in [2.05, 4.69) is 31.1 Å². The van der Waals surface area contributed by atoms with E-state index in [1.807, 2.05) is 0 Å². The van der Waals surface area contributed by atoms with E-state index in [0.717, 1.165) is 37.4 Å². The SMILES string of the molecule is CCNCc1ncoc1CCC(C)C. The van der Waals surface area contributed by atoms with Crippen LogP contribution in [-0.2, 0) is 13.0 Å². The second kappa shape index (κ2) is 5.81. The zero-order valence-corrected chi connectivity index (χ0v) is 9.34. The molecule has 0 aliphatic heterocycles. The molecule has 1 aromatic rings. The molecule has 80 valence electrons. The average Bonchev–Trinajstić information content (AvgIpc) is 2.58. The van der Waals surface area contributed by atoms with Crippen LogP contribution >= 0.6 is 0 Å². The number of hydrogen-bond acceptors (Lipinski definition) is 3. The van der Waals surface area contributed by atoms with Gasteiger partial charge in [0.1, 0.15) is 5.76 Å². The second-order valence-electron chi connectivity index (χ2n) is 3.94. The minimum absolute atomic E-state index is 0.715. The third kappa shape index (κ3) is 3.50. The van der Waals surface area contributed by atoms with E-state index >= 15 is 0 Å². The largest absolute Gasteiger partial charge is 0.448 e. The number of nitrogens with zero attached hydrogens (tertiary/aromatic N) is 1. The molecule has 0 unspecified atom stereocenters. The summed E-state index contributed by atoms with van der Waals surface area (Å²) in [4.78, 5) is 4.20. The summed E-state index contributed by atoms with van der Waals surface area (Å²) < 4.78 is 5.36. The lowest BCUT2D eigenvalue weighted by atomic mass is 10.1. The molecule has 14 heavy (non-hydrogen) atoms. The molecule has 1 heterocycles. The van der Waals surface area contributed by atoms with Gasteiger partial charge >= 0.3 is 0 Å². The lowest BCUT2D eigenvalue weighted by molar-refractivity contribution is 0.467. The third-order valence-electron chi connectivity index (χ3n) is 2.22. The Bertz CT molecular complexity index is 256. The zero-order valence-electron chi connectivity index (χ0n) is 9.34. The molecule has 0 aromatic carbocycles. The van der Waals surface area contributed by atoms with Crippen molar-refractivity contribution in [1.29, 1.82) is 0 Å². The van der Waals surface area contributed by atoms with E-state index in [9.17, 15) is 0 Å².